The predicted octanol–water partition coefficient (Wildman–Crippen LogP) is 3.36. The Bertz CT molecular complexity index is 532. The summed E-state index contributed by atoms with van der Waals surface area (Å²) in [5.41, 5.74) is 3.44. The van der Waals surface area contributed by atoms with Gasteiger partial charge in [-0.05, 0) is 29.8 Å². The molecule has 0 atom stereocenters. The predicted molar refractivity (Wildman–Crippen MR) is 78.5 cm³/mol. The van der Waals surface area contributed by atoms with Gasteiger partial charge in [0.05, 0.1) is 11.4 Å². The van der Waals surface area contributed by atoms with E-state index in [2.05, 4.69) is 22.5 Å². The van der Waals surface area contributed by atoms with Crippen LogP contribution in [-0.2, 0) is 13.6 Å². The lowest BCUT2D eigenvalue weighted by Crippen LogP contribution is -2.12. The lowest BCUT2D eigenvalue weighted by Gasteiger charge is -2.18. The van der Waals surface area contributed by atoms with Crippen molar-refractivity contribution in [2.45, 2.75) is 6.54 Å². The number of rotatable bonds is 4. The lowest BCUT2D eigenvalue weighted by molar-refractivity contribution is 0.920. The zero-order chi connectivity index (χ0) is 13.1. The molecule has 4 heteroatoms. The number of hydrogen-bond acceptors (Lipinski definition) is 2. The Hall–Kier alpha value is -1.61. The molecule has 3 nitrogen and oxygen atoms in total. The minimum absolute atomic E-state index is 0.746. The fraction of sp³-hybridized carbons (Fsp3) is 0.286. The number of halogens is 1. The Morgan fingerprint density at radius 3 is 2.67 bits per heavy atom. The fourth-order valence-electron chi connectivity index (χ4n) is 1.90. The average molecular weight is 264 g/mol. The molecule has 0 radical (unpaired) electrons. The van der Waals surface area contributed by atoms with Crippen molar-refractivity contribution in [2.75, 3.05) is 24.3 Å². The van der Waals surface area contributed by atoms with Gasteiger partial charge in [0, 0.05) is 45.1 Å². The second kappa shape index (κ2) is 5.36. The van der Waals surface area contributed by atoms with Gasteiger partial charge in [-0.15, -0.1) is 0 Å². The van der Waals surface area contributed by atoms with Gasteiger partial charge in [0.15, 0.2) is 0 Å². The van der Waals surface area contributed by atoms with Gasteiger partial charge < -0.3 is 14.8 Å². The summed E-state index contributed by atoms with van der Waals surface area (Å²) in [5.74, 6) is 0. The fourth-order valence-corrected chi connectivity index (χ4v) is 2.07. The molecule has 1 N–H and O–H groups in total. The quantitative estimate of drug-likeness (QED) is 0.913. The molecule has 1 aromatic heterocycles. The van der Waals surface area contributed by atoms with Gasteiger partial charge in [-0.2, -0.15) is 0 Å². The van der Waals surface area contributed by atoms with E-state index in [-0.39, 0.29) is 0 Å². The lowest BCUT2D eigenvalue weighted by atomic mass is 10.2. The molecule has 1 aromatic carbocycles. The van der Waals surface area contributed by atoms with Crippen molar-refractivity contribution >= 4 is 23.0 Å². The highest BCUT2D eigenvalue weighted by Crippen LogP contribution is 2.28. The molecule has 0 aliphatic carbocycles. The van der Waals surface area contributed by atoms with Gasteiger partial charge in [0.25, 0.3) is 0 Å². The second-order valence-electron chi connectivity index (χ2n) is 4.59. The van der Waals surface area contributed by atoms with E-state index >= 15 is 0 Å². The number of hydrogen-bond donors (Lipinski definition) is 1. The van der Waals surface area contributed by atoms with Gasteiger partial charge in [-0.25, -0.2) is 0 Å². The first-order chi connectivity index (χ1) is 8.56. The minimum Gasteiger partial charge on any atom is -0.379 e. The molecule has 2 aromatic rings. The van der Waals surface area contributed by atoms with Gasteiger partial charge in [0.1, 0.15) is 0 Å². The molecule has 96 valence electrons. The summed E-state index contributed by atoms with van der Waals surface area (Å²) in [5, 5.41) is 4.17. The Morgan fingerprint density at radius 1 is 1.28 bits per heavy atom. The van der Waals surface area contributed by atoms with Crippen molar-refractivity contribution in [3.05, 3.63) is 47.2 Å². The molecule has 0 unspecified atom stereocenters. The van der Waals surface area contributed by atoms with E-state index in [9.17, 15) is 0 Å². The van der Waals surface area contributed by atoms with Crippen molar-refractivity contribution < 1.29 is 0 Å². The first kappa shape index (κ1) is 12.8. The average Bonchev–Trinajstić information content (AvgIpc) is 2.72. The van der Waals surface area contributed by atoms with Crippen LogP contribution in [0, 0.1) is 0 Å². The van der Waals surface area contributed by atoms with Crippen molar-refractivity contribution in [1.29, 1.82) is 0 Å². The summed E-state index contributed by atoms with van der Waals surface area (Å²) < 4.78 is 2.04. The molecule has 18 heavy (non-hydrogen) atoms. The molecular formula is C14H18ClN3. The second-order valence-corrected chi connectivity index (χ2v) is 5.03. The molecule has 0 bridgehead atoms. The summed E-state index contributed by atoms with van der Waals surface area (Å²) in [6.45, 7) is 0.794. The summed E-state index contributed by atoms with van der Waals surface area (Å²) in [4.78, 5) is 2.07. The van der Waals surface area contributed by atoms with Crippen LogP contribution >= 0.6 is 11.6 Å². The monoisotopic (exact) mass is 263 g/mol. The Balaban J connectivity index is 2.15. The molecule has 0 aliphatic heterocycles. The SMILES string of the molecule is CN(C)c1ccc(Cl)cc1NCc1ccn(C)c1. The van der Waals surface area contributed by atoms with Gasteiger partial charge in [0.2, 0.25) is 0 Å². The van der Waals surface area contributed by atoms with Crippen molar-refractivity contribution in [3.63, 3.8) is 0 Å². The molecular weight excluding hydrogens is 246 g/mol. The minimum atomic E-state index is 0.746. The van der Waals surface area contributed by atoms with Crippen LogP contribution < -0.4 is 10.2 Å². The van der Waals surface area contributed by atoms with E-state index in [1.807, 2.05) is 50.1 Å². The van der Waals surface area contributed by atoms with Crippen LogP contribution in [-0.4, -0.2) is 18.7 Å². The zero-order valence-corrected chi connectivity index (χ0v) is 11.7. The standard InChI is InChI=1S/C14H18ClN3/c1-17(2)14-5-4-12(15)8-13(14)16-9-11-6-7-18(3)10-11/h4-8,10,16H,9H2,1-3H3. The molecule has 0 amide bonds. The summed E-state index contributed by atoms with van der Waals surface area (Å²) >= 11 is 6.04. The number of benzene rings is 1. The van der Waals surface area contributed by atoms with E-state index in [4.69, 9.17) is 11.6 Å². The number of nitrogens with one attached hydrogen (secondary N) is 1. The molecule has 2 rings (SSSR count). The third-order valence-corrected chi connectivity index (χ3v) is 3.05. The van der Waals surface area contributed by atoms with Crippen LogP contribution in [0.2, 0.25) is 5.02 Å². The normalized spacial score (nSPS) is 10.4. The first-order valence-electron chi connectivity index (χ1n) is 5.88. The highest BCUT2D eigenvalue weighted by atomic mass is 35.5. The zero-order valence-electron chi connectivity index (χ0n) is 10.9. The Morgan fingerprint density at radius 2 is 2.06 bits per heavy atom. The maximum Gasteiger partial charge on any atom is 0.0597 e. The molecule has 0 fully saturated rings. The van der Waals surface area contributed by atoms with Crippen LogP contribution in [0.3, 0.4) is 0 Å². The van der Waals surface area contributed by atoms with Crippen molar-refractivity contribution in [1.82, 2.24) is 4.57 Å². The highest BCUT2D eigenvalue weighted by molar-refractivity contribution is 6.31. The molecule has 0 spiro atoms. The van der Waals surface area contributed by atoms with Gasteiger partial charge >= 0.3 is 0 Å². The first-order valence-corrected chi connectivity index (χ1v) is 6.25. The third kappa shape index (κ3) is 2.99. The van der Waals surface area contributed by atoms with E-state index in [0.29, 0.717) is 0 Å². The maximum absolute atomic E-state index is 6.04. The van der Waals surface area contributed by atoms with Crippen LogP contribution in [0.4, 0.5) is 11.4 Å². The smallest absolute Gasteiger partial charge is 0.0597 e. The number of nitrogens with zero attached hydrogens (tertiary/aromatic N) is 2. The van der Waals surface area contributed by atoms with E-state index in [1.54, 1.807) is 0 Å². The van der Waals surface area contributed by atoms with Crippen LogP contribution in [0.25, 0.3) is 0 Å². The van der Waals surface area contributed by atoms with Crippen molar-refractivity contribution in [3.8, 4) is 0 Å². The topological polar surface area (TPSA) is 20.2 Å². The molecule has 0 aliphatic rings. The summed E-state index contributed by atoms with van der Waals surface area (Å²) in [6, 6.07) is 7.99. The van der Waals surface area contributed by atoms with Gasteiger partial charge in [-0.3, -0.25) is 0 Å². The van der Waals surface area contributed by atoms with Gasteiger partial charge in [-0.1, -0.05) is 11.6 Å². The molecule has 1 heterocycles. The van der Waals surface area contributed by atoms with E-state index in [0.717, 1.165) is 22.9 Å². The van der Waals surface area contributed by atoms with Crippen LogP contribution in [0.5, 0.6) is 0 Å². The molecule has 0 saturated heterocycles. The number of aromatic nitrogens is 1. The van der Waals surface area contributed by atoms with Crippen molar-refractivity contribution in [2.24, 2.45) is 7.05 Å². The Kier molecular flexibility index (Phi) is 3.82. The van der Waals surface area contributed by atoms with E-state index in [1.165, 1.54) is 5.56 Å². The van der Waals surface area contributed by atoms with E-state index < -0.39 is 0 Å². The molecule has 0 saturated carbocycles. The summed E-state index contributed by atoms with van der Waals surface area (Å²) in [6.07, 6.45) is 4.15. The van der Waals surface area contributed by atoms with Crippen LogP contribution in [0.1, 0.15) is 5.56 Å². The maximum atomic E-state index is 6.04. The van der Waals surface area contributed by atoms with Crippen LogP contribution in [0.15, 0.2) is 36.7 Å². The number of anilines is 2. The third-order valence-electron chi connectivity index (χ3n) is 2.82. The Labute approximate surface area is 113 Å². The number of aryl methyl sites for hydroxylation is 1. The largest absolute Gasteiger partial charge is 0.379 e. The summed E-state index contributed by atoms with van der Waals surface area (Å²) in [7, 11) is 6.07. The highest BCUT2D eigenvalue weighted by Gasteiger charge is 2.05.